The Morgan fingerprint density at radius 2 is 2.10 bits per heavy atom. The number of rotatable bonds is 0. The summed E-state index contributed by atoms with van der Waals surface area (Å²) in [5.74, 6) is 0.957. The van der Waals surface area contributed by atoms with Crippen LogP contribution in [-0.2, 0) is 0 Å². The number of fused-ring (bicyclic) bond motifs is 1. The number of hydrogen-bond acceptors (Lipinski definition) is 1. The molecule has 0 aromatic heterocycles. The molecule has 1 saturated heterocycles. The van der Waals surface area contributed by atoms with Gasteiger partial charge in [-0.05, 0) is 38.1 Å². The third-order valence-electron chi connectivity index (χ3n) is 2.72. The molecule has 0 spiro atoms. The van der Waals surface area contributed by atoms with Gasteiger partial charge in [-0.15, -0.1) is 0 Å². The van der Waals surface area contributed by atoms with Crippen LogP contribution in [0.2, 0.25) is 0 Å². The lowest BCUT2D eigenvalue weighted by Crippen LogP contribution is -2.41. The summed E-state index contributed by atoms with van der Waals surface area (Å²) in [6.45, 7) is 1.25. The molecular weight excluding hydrogens is 122 g/mol. The van der Waals surface area contributed by atoms with Gasteiger partial charge in [0.25, 0.3) is 0 Å². The van der Waals surface area contributed by atoms with E-state index in [2.05, 4.69) is 17.5 Å². The van der Waals surface area contributed by atoms with E-state index < -0.39 is 0 Å². The van der Waals surface area contributed by atoms with Gasteiger partial charge in [0.05, 0.1) is 0 Å². The van der Waals surface area contributed by atoms with E-state index in [0.29, 0.717) is 0 Å². The molecule has 0 radical (unpaired) electrons. The molecule has 0 saturated carbocycles. The van der Waals surface area contributed by atoms with E-state index in [1.54, 1.807) is 0 Å². The van der Waals surface area contributed by atoms with Crippen molar-refractivity contribution >= 4 is 0 Å². The molecule has 2 aliphatic rings. The fourth-order valence-corrected chi connectivity index (χ4v) is 2.09. The summed E-state index contributed by atoms with van der Waals surface area (Å²) in [5, 5.41) is 3.57. The summed E-state index contributed by atoms with van der Waals surface area (Å²) < 4.78 is 0. The lowest BCUT2D eigenvalue weighted by atomic mass is 9.83. The van der Waals surface area contributed by atoms with Crippen molar-refractivity contribution in [1.82, 2.24) is 5.32 Å². The summed E-state index contributed by atoms with van der Waals surface area (Å²) in [6, 6.07) is 0.818. The third kappa shape index (κ3) is 1.10. The number of piperidine rings is 1. The zero-order valence-electron chi connectivity index (χ0n) is 6.34. The molecule has 0 amide bonds. The van der Waals surface area contributed by atoms with Crippen LogP contribution in [0.5, 0.6) is 0 Å². The Hall–Kier alpha value is -0.300. The van der Waals surface area contributed by atoms with Gasteiger partial charge in [-0.1, -0.05) is 12.2 Å². The van der Waals surface area contributed by atoms with Crippen molar-refractivity contribution < 1.29 is 0 Å². The van der Waals surface area contributed by atoms with Crippen molar-refractivity contribution in [2.75, 3.05) is 6.54 Å². The molecule has 0 unspecified atom stereocenters. The summed E-state index contributed by atoms with van der Waals surface area (Å²) in [5.41, 5.74) is 0. The number of nitrogens with one attached hydrogen (secondary N) is 1. The minimum atomic E-state index is 0.818. The van der Waals surface area contributed by atoms with E-state index in [4.69, 9.17) is 0 Å². The highest BCUT2D eigenvalue weighted by Gasteiger charge is 2.24. The van der Waals surface area contributed by atoms with Crippen LogP contribution >= 0.6 is 0 Å². The van der Waals surface area contributed by atoms with Gasteiger partial charge in [-0.3, -0.25) is 0 Å². The molecule has 1 fully saturated rings. The highest BCUT2D eigenvalue weighted by molar-refractivity contribution is 4.98. The van der Waals surface area contributed by atoms with Crippen LogP contribution < -0.4 is 5.32 Å². The van der Waals surface area contributed by atoms with Gasteiger partial charge in [0.15, 0.2) is 0 Å². The average Bonchev–Trinajstić information content (AvgIpc) is 2.05. The smallest absolute Gasteiger partial charge is 0.0133 e. The second-order valence-electron chi connectivity index (χ2n) is 3.41. The summed E-state index contributed by atoms with van der Waals surface area (Å²) >= 11 is 0. The highest BCUT2D eigenvalue weighted by atomic mass is 14.9. The lowest BCUT2D eigenvalue weighted by molar-refractivity contribution is 0.274. The van der Waals surface area contributed by atoms with Gasteiger partial charge in [0.2, 0.25) is 0 Å². The summed E-state index contributed by atoms with van der Waals surface area (Å²) in [7, 11) is 0. The molecule has 1 heterocycles. The van der Waals surface area contributed by atoms with Crippen molar-refractivity contribution in [3.8, 4) is 0 Å². The third-order valence-corrected chi connectivity index (χ3v) is 2.72. The van der Waals surface area contributed by atoms with Crippen LogP contribution in [0.3, 0.4) is 0 Å². The van der Waals surface area contributed by atoms with E-state index in [1.165, 1.54) is 32.2 Å². The Labute approximate surface area is 62.5 Å². The fraction of sp³-hybridized carbons (Fsp3) is 0.778. The molecule has 10 heavy (non-hydrogen) atoms. The Kier molecular flexibility index (Phi) is 1.76. The summed E-state index contributed by atoms with van der Waals surface area (Å²) in [4.78, 5) is 0. The molecule has 1 aliphatic carbocycles. The molecule has 2 rings (SSSR count). The monoisotopic (exact) mass is 137 g/mol. The largest absolute Gasteiger partial charge is 0.313 e. The van der Waals surface area contributed by atoms with Crippen molar-refractivity contribution in [2.45, 2.75) is 31.7 Å². The van der Waals surface area contributed by atoms with Crippen LogP contribution in [0.25, 0.3) is 0 Å². The van der Waals surface area contributed by atoms with Gasteiger partial charge in [-0.2, -0.15) is 0 Å². The lowest BCUT2D eigenvalue weighted by Gasteiger charge is -2.33. The van der Waals surface area contributed by atoms with E-state index in [1.807, 2.05) is 0 Å². The first kappa shape index (κ1) is 6.41. The molecule has 0 aromatic rings. The van der Waals surface area contributed by atoms with Gasteiger partial charge >= 0.3 is 0 Å². The predicted octanol–water partition coefficient (Wildman–Crippen LogP) is 1.70. The van der Waals surface area contributed by atoms with Crippen molar-refractivity contribution in [3.05, 3.63) is 12.2 Å². The van der Waals surface area contributed by atoms with Gasteiger partial charge in [0, 0.05) is 6.04 Å². The van der Waals surface area contributed by atoms with Crippen molar-refractivity contribution in [1.29, 1.82) is 0 Å². The SMILES string of the molecule is C1=CC[C@@H]2NCCC[C@@H]2C1. The molecule has 0 aromatic carbocycles. The number of hydrogen-bond donors (Lipinski definition) is 1. The first-order valence-electron chi connectivity index (χ1n) is 4.35. The van der Waals surface area contributed by atoms with Crippen molar-refractivity contribution in [2.24, 2.45) is 5.92 Å². The zero-order chi connectivity index (χ0) is 6.81. The second-order valence-corrected chi connectivity index (χ2v) is 3.41. The molecule has 1 aliphatic heterocycles. The molecule has 1 N–H and O–H groups in total. The van der Waals surface area contributed by atoms with Gasteiger partial charge in [0.1, 0.15) is 0 Å². The molecule has 1 nitrogen and oxygen atoms in total. The van der Waals surface area contributed by atoms with Crippen LogP contribution in [0.15, 0.2) is 12.2 Å². The zero-order valence-corrected chi connectivity index (χ0v) is 6.34. The minimum absolute atomic E-state index is 0.818. The van der Waals surface area contributed by atoms with E-state index >= 15 is 0 Å². The van der Waals surface area contributed by atoms with Crippen molar-refractivity contribution in [3.63, 3.8) is 0 Å². The maximum Gasteiger partial charge on any atom is 0.0133 e. The van der Waals surface area contributed by atoms with Gasteiger partial charge < -0.3 is 5.32 Å². The molecule has 56 valence electrons. The molecule has 0 bridgehead atoms. The topological polar surface area (TPSA) is 12.0 Å². The Morgan fingerprint density at radius 3 is 3.00 bits per heavy atom. The Balaban J connectivity index is 2.01. The fourth-order valence-electron chi connectivity index (χ4n) is 2.09. The Morgan fingerprint density at radius 1 is 1.20 bits per heavy atom. The maximum absolute atomic E-state index is 3.57. The van der Waals surface area contributed by atoms with Gasteiger partial charge in [-0.25, -0.2) is 0 Å². The highest BCUT2D eigenvalue weighted by Crippen LogP contribution is 2.26. The van der Waals surface area contributed by atoms with Crippen LogP contribution in [-0.4, -0.2) is 12.6 Å². The second kappa shape index (κ2) is 2.75. The number of allylic oxidation sites excluding steroid dienone is 1. The standard InChI is InChI=1S/C9H15N/c1-2-6-9-8(4-1)5-3-7-10-9/h1-2,8-10H,3-7H2/t8-,9-/m0/s1. The van der Waals surface area contributed by atoms with E-state index in [9.17, 15) is 0 Å². The predicted molar refractivity (Wildman–Crippen MR) is 42.9 cm³/mol. The average molecular weight is 137 g/mol. The van der Waals surface area contributed by atoms with Crippen LogP contribution in [0.4, 0.5) is 0 Å². The minimum Gasteiger partial charge on any atom is -0.313 e. The van der Waals surface area contributed by atoms with E-state index in [-0.39, 0.29) is 0 Å². The Bertz CT molecular complexity index is 124. The molecule has 2 atom stereocenters. The summed E-state index contributed by atoms with van der Waals surface area (Å²) in [6.07, 6.45) is 10.1. The van der Waals surface area contributed by atoms with Crippen LogP contribution in [0.1, 0.15) is 25.7 Å². The quantitative estimate of drug-likeness (QED) is 0.501. The molecular formula is C9H15N. The first-order valence-corrected chi connectivity index (χ1v) is 4.35. The normalized spacial score (nSPS) is 39.2. The van der Waals surface area contributed by atoms with E-state index in [0.717, 1.165) is 12.0 Å². The van der Waals surface area contributed by atoms with Crippen LogP contribution in [0, 0.1) is 5.92 Å². The maximum atomic E-state index is 3.57. The first-order chi connectivity index (χ1) is 4.97. The molecule has 1 heteroatoms.